The highest BCUT2D eigenvalue weighted by Gasteiger charge is 2.13. The maximum Gasteiger partial charge on any atom is 0.119 e. The lowest BCUT2D eigenvalue weighted by Crippen LogP contribution is -2.15. The Balaban J connectivity index is 2.22. The molecule has 100 valence electrons. The summed E-state index contributed by atoms with van der Waals surface area (Å²) in [5.41, 5.74) is 8.44. The molecular weight excluding hydrogens is 302 g/mol. The van der Waals surface area contributed by atoms with Crippen LogP contribution in [0.5, 0.6) is 5.75 Å². The van der Waals surface area contributed by atoms with Gasteiger partial charge in [0.2, 0.25) is 0 Å². The van der Waals surface area contributed by atoms with Crippen molar-refractivity contribution >= 4 is 15.9 Å². The van der Waals surface area contributed by atoms with Gasteiger partial charge in [-0.15, -0.1) is 0 Å². The Kier molecular flexibility index (Phi) is 5.00. The fourth-order valence-corrected chi connectivity index (χ4v) is 2.61. The number of halogens is 1. The van der Waals surface area contributed by atoms with Crippen molar-refractivity contribution in [3.63, 3.8) is 0 Å². The predicted molar refractivity (Wildman–Crippen MR) is 82.6 cm³/mol. The molecule has 0 bridgehead atoms. The summed E-state index contributed by atoms with van der Waals surface area (Å²) in [6.07, 6.45) is 0.922. The van der Waals surface area contributed by atoms with Gasteiger partial charge in [0.25, 0.3) is 0 Å². The Labute approximate surface area is 122 Å². The molecular formula is C16H18BrNO. The van der Waals surface area contributed by atoms with Crippen LogP contribution in [0.4, 0.5) is 0 Å². The second-order valence-corrected chi connectivity index (χ2v) is 5.36. The predicted octanol–water partition coefficient (Wildman–Crippen LogP) is 3.74. The fourth-order valence-electron chi connectivity index (χ4n) is 2.16. The number of hydrogen-bond acceptors (Lipinski definition) is 2. The molecule has 0 aliphatic heterocycles. The molecule has 2 N–H and O–H groups in total. The zero-order chi connectivity index (χ0) is 13.7. The molecule has 0 fully saturated rings. The highest BCUT2D eigenvalue weighted by Crippen LogP contribution is 2.26. The van der Waals surface area contributed by atoms with Gasteiger partial charge in [0, 0.05) is 10.4 Å². The monoisotopic (exact) mass is 319 g/mol. The first-order valence-electron chi connectivity index (χ1n) is 6.32. The van der Waals surface area contributed by atoms with Crippen molar-refractivity contribution in [1.82, 2.24) is 0 Å². The van der Waals surface area contributed by atoms with Crippen molar-refractivity contribution in [3.8, 4) is 5.75 Å². The first-order chi connectivity index (χ1) is 9.24. The molecule has 19 heavy (non-hydrogen) atoms. The van der Waals surface area contributed by atoms with Gasteiger partial charge < -0.3 is 10.5 Å². The number of benzene rings is 2. The molecule has 2 aromatic carbocycles. The Hall–Kier alpha value is -1.32. The summed E-state index contributed by atoms with van der Waals surface area (Å²) in [4.78, 5) is 0. The molecule has 0 aromatic heterocycles. The average molecular weight is 320 g/mol. The highest BCUT2D eigenvalue weighted by molar-refractivity contribution is 9.10. The largest absolute Gasteiger partial charge is 0.497 e. The lowest BCUT2D eigenvalue weighted by atomic mass is 9.92. The van der Waals surface area contributed by atoms with Gasteiger partial charge in [-0.2, -0.15) is 0 Å². The van der Waals surface area contributed by atoms with E-state index in [9.17, 15) is 0 Å². The summed E-state index contributed by atoms with van der Waals surface area (Å²) in [5, 5.41) is 0. The number of nitrogens with two attached hydrogens (primary N) is 1. The Morgan fingerprint density at radius 1 is 1.16 bits per heavy atom. The van der Waals surface area contributed by atoms with E-state index in [0.717, 1.165) is 16.6 Å². The third-order valence-corrected chi connectivity index (χ3v) is 4.05. The average Bonchev–Trinajstić information content (AvgIpc) is 2.46. The van der Waals surface area contributed by atoms with Crippen molar-refractivity contribution in [2.24, 2.45) is 5.73 Å². The molecule has 1 unspecified atom stereocenters. The van der Waals surface area contributed by atoms with Crippen LogP contribution in [-0.4, -0.2) is 13.7 Å². The van der Waals surface area contributed by atoms with Gasteiger partial charge in [-0.25, -0.2) is 0 Å². The van der Waals surface area contributed by atoms with Crippen LogP contribution in [0.25, 0.3) is 0 Å². The van der Waals surface area contributed by atoms with Gasteiger partial charge in [0.05, 0.1) is 7.11 Å². The third kappa shape index (κ3) is 3.58. The molecule has 0 saturated heterocycles. The van der Waals surface area contributed by atoms with Crippen LogP contribution in [-0.2, 0) is 6.42 Å². The molecule has 0 radical (unpaired) electrons. The van der Waals surface area contributed by atoms with Gasteiger partial charge >= 0.3 is 0 Å². The van der Waals surface area contributed by atoms with Crippen molar-refractivity contribution < 1.29 is 4.74 Å². The molecule has 2 aromatic rings. The summed E-state index contributed by atoms with van der Waals surface area (Å²) in [6, 6.07) is 16.4. The van der Waals surface area contributed by atoms with E-state index in [1.165, 1.54) is 11.1 Å². The quantitative estimate of drug-likeness (QED) is 0.911. The normalized spacial score (nSPS) is 12.2. The summed E-state index contributed by atoms with van der Waals surface area (Å²) >= 11 is 3.59. The molecule has 2 nitrogen and oxygen atoms in total. The zero-order valence-electron chi connectivity index (χ0n) is 11.0. The molecule has 2 rings (SSSR count). The van der Waals surface area contributed by atoms with Crippen LogP contribution >= 0.6 is 15.9 Å². The SMILES string of the molecule is COc1cccc(C(CN)Cc2ccccc2Br)c1. The summed E-state index contributed by atoms with van der Waals surface area (Å²) < 4.78 is 6.41. The van der Waals surface area contributed by atoms with Gasteiger partial charge in [0.1, 0.15) is 5.75 Å². The summed E-state index contributed by atoms with van der Waals surface area (Å²) in [7, 11) is 1.68. The van der Waals surface area contributed by atoms with E-state index >= 15 is 0 Å². The van der Waals surface area contributed by atoms with Crippen LogP contribution in [0.15, 0.2) is 53.0 Å². The second kappa shape index (κ2) is 6.73. The van der Waals surface area contributed by atoms with Crippen molar-refractivity contribution in [1.29, 1.82) is 0 Å². The summed E-state index contributed by atoms with van der Waals surface area (Å²) in [6.45, 7) is 0.620. The van der Waals surface area contributed by atoms with E-state index < -0.39 is 0 Å². The van der Waals surface area contributed by atoms with E-state index in [-0.39, 0.29) is 0 Å². The van der Waals surface area contributed by atoms with Gasteiger partial charge in [-0.05, 0) is 42.3 Å². The number of hydrogen-bond donors (Lipinski definition) is 1. The van der Waals surface area contributed by atoms with Crippen molar-refractivity contribution in [2.45, 2.75) is 12.3 Å². The standard InChI is InChI=1S/C16H18BrNO/c1-19-15-7-4-6-12(10-15)14(11-18)9-13-5-2-3-8-16(13)17/h2-8,10,14H,9,11,18H2,1H3. The zero-order valence-corrected chi connectivity index (χ0v) is 12.6. The van der Waals surface area contributed by atoms with Gasteiger partial charge in [0.15, 0.2) is 0 Å². The maximum absolute atomic E-state index is 5.94. The first kappa shape index (κ1) is 14.1. The third-order valence-electron chi connectivity index (χ3n) is 3.27. The van der Waals surface area contributed by atoms with Gasteiger partial charge in [-0.3, -0.25) is 0 Å². The summed E-state index contributed by atoms with van der Waals surface area (Å²) in [5.74, 6) is 1.18. The number of methoxy groups -OCH3 is 1. The van der Waals surface area contributed by atoms with Crippen molar-refractivity contribution in [2.75, 3.05) is 13.7 Å². The molecule has 0 aliphatic carbocycles. The minimum Gasteiger partial charge on any atom is -0.497 e. The molecule has 0 aliphatic rings. The topological polar surface area (TPSA) is 35.2 Å². The van der Waals surface area contributed by atoms with Crippen molar-refractivity contribution in [3.05, 3.63) is 64.1 Å². The van der Waals surface area contributed by atoms with E-state index in [1.54, 1.807) is 7.11 Å². The van der Waals surface area contributed by atoms with E-state index in [0.29, 0.717) is 12.5 Å². The minimum atomic E-state index is 0.300. The second-order valence-electron chi connectivity index (χ2n) is 4.50. The molecule has 0 saturated carbocycles. The Bertz CT molecular complexity index is 542. The Morgan fingerprint density at radius 2 is 1.95 bits per heavy atom. The molecule has 0 amide bonds. The lowest BCUT2D eigenvalue weighted by molar-refractivity contribution is 0.413. The molecule has 0 heterocycles. The van der Waals surface area contributed by atoms with E-state index in [4.69, 9.17) is 10.5 Å². The maximum atomic E-state index is 5.94. The number of rotatable bonds is 5. The highest BCUT2D eigenvalue weighted by atomic mass is 79.9. The Morgan fingerprint density at radius 3 is 2.63 bits per heavy atom. The minimum absolute atomic E-state index is 0.300. The fraction of sp³-hybridized carbons (Fsp3) is 0.250. The molecule has 3 heteroatoms. The molecule has 0 spiro atoms. The van der Waals surface area contributed by atoms with Crippen LogP contribution < -0.4 is 10.5 Å². The van der Waals surface area contributed by atoms with E-state index in [2.05, 4.69) is 46.3 Å². The van der Waals surface area contributed by atoms with Gasteiger partial charge in [-0.1, -0.05) is 46.3 Å². The van der Waals surface area contributed by atoms with Crippen LogP contribution in [0.3, 0.4) is 0 Å². The van der Waals surface area contributed by atoms with Crippen LogP contribution in [0.1, 0.15) is 17.0 Å². The molecule has 1 atom stereocenters. The van der Waals surface area contributed by atoms with E-state index in [1.807, 2.05) is 18.2 Å². The smallest absolute Gasteiger partial charge is 0.119 e. The van der Waals surface area contributed by atoms with Crippen LogP contribution in [0, 0.1) is 0 Å². The first-order valence-corrected chi connectivity index (χ1v) is 7.11. The lowest BCUT2D eigenvalue weighted by Gasteiger charge is -2.17. The number of ether oxygens (including phenoxy) is 1. The van der Waals surface area contributed by atoms with Crippen LogP contribution in [0.2, 0.25) is 0 Å².